The van der Waals surface area contributed by atoms with E-state index in [1.54, 1.807) is 0 Å². The first-order chi connectivity index (χ1) is 6.55. The maximum Gasteiger partial charge on any atom is 0.315 e. The first-order valence-electron chi connectivity index (χ1n) is 5.62. The molecule has 0 radical (unpaired) electrons. The number of rotatable bonds is 2. The molecule has 2 aliphatic rings. The van der Waals surface area contributed by atoms with Crippen LogP contribution in [0.5, 0.6) is 0 Å². The fourth-order valence-corrected chi connectivity index (χ4v) is 2.20. The van der Waals surface area contributed by atoms with Crippen LogP contribution in [-0.2, 0) is 0 Å². The van der Waals surface area contributed by atoms with Crippen molar-refractivity contribution in [3.63, 3.8) is 0 Å². The van der Waals surface area contributed by atoms with Crippen molar-refractivity contribution in [1.82, 2.24) is 10.6 Å². The Morgan fingerprint density at radius 2 is 1.79 bits per heavy atom. The molecule has 2 N–H and O–H groups in total. The Labute approximate surface area is 85.6 Å². The lowest BCUT2D eigenvalue weighted by Crippen LogP contribution is -2.42. The second-order valence-electron chi connectivity index (χ2n) is 5.50. The third kappa shape index (κ3) is 2.63. The second-order valence-corrected chi connectivity index (χ2v) is 5.50. The van der Waals surface area contributed by atoms with E-state index in [0.29, 0.717) is 17.5 Å². The quantitative estimate of drug-likeness (QED) is 0.697. The van der Waals surface area contributed by atoms with Gasteiger partial charge < -0.3 is 10.6 Å². The molecule has 0 spiro atoms. The van der Waals surface area contributed by atoms with Crippen LogP contribution in [0.4, 0.5) is 4.79 Å². The van der Waals surface area contributed by atoms with Gasteiger partial charge in [-0.05, 0) is 37.5 Å². The Hall–Kier alpha value is -0.730. The van der Waals surface area contributed by atoms with Gasteiger partial charge in [0.15, 0.2) is 0 Å². The summed E-state index contributed by atoms with van der Waals surface area (Å²) in [5.74, 6) is 0. The maximum absolute atomic E-state index is 11.4. The average Bonchev–Trinajstić information content (AvgIpc) is 2.78. The molecule has 80 valence electrons. The van der Waals surface area contributed by atoms with Gasteiger partial charge in [0.2, 0.25) is 0 Å². The normalized spacial score (nSPS) is 30.0. The van der Waals surface area contributed by atoms with Gasteiger partial charge in [0.25, 0.3) is 0 Å². The molecular formula is C11H20N2O. The Kier molecular flexibility index (Phi) is 2.41. The van der Waals surface area contributed by atoms with Crippen molar-refractivity contribution < 1.29 is 4.79 Å². The number of amides is 2. The summed E-state index contributed by atoms with van der Waals surface area (Å²) >= 11 is 0. The van der Waals surface area contributed by atoms with Gasteiger partial charge in [-0.1, -0.05) is 13.8 Å². The van der Waals surface area contributed by atoms with Crippen LogP contribution in [0.15, 0.2) is 0 Å². The van der Waals surface area contributed by atoms with E-state index in [2.05, 4.69) is 24.5 Å². The molecule has 0 heterocycles. The van der Waals surface area contributed by atoms with Gasteiger partial charge >= 0.3 is 6.03 Å². The maximum atomic E-state index is 11.4. The van der Waals surface area contributed by atoms with E-state index in [1.165, 1.54) is 6.42 Å². The molecule has 0 bridgehead atoms. The summed E-state index contributed by atoms with van der Waals surface area (Å²) in [7, 11) is 0. The highest BCUT2D eigenvalue weighted by Crippen LogP contribution is 2.36. The van der Waals surface area contributed by atoms with Crippen molar-refractivity contribution in [2.45, 2.75) is 58.0 Å². The molecule has 1 atom stereocenters. The van der Waals surface area contributed by atoms with Crippen LogP contribution in [0.1, 0.15) is 46.0 Å². The molecule has 0 aromatic heterocycles. The summed E-state index contributed by atoms with van der Waals surface area (Å²) in [6.07, 6.45) is 5.78. The first kappa shape index (κ1) is 9.81. The molecule has 2 fully saturated rings. The molecule has 0 saturated heterocycles. The largest absolute Gasteiger partial charge is 0.335 e. The molecular weight excluding hydrogens is 176 g/mol. The van der Waals surface area contributed by atoms with Crippen molar-refractivity contribution in [1.29, 1.82) is 0 Å². The average molecular weight is 196 g/mol. The summed E-state index contributed by atoms with van der Waals surface area (Å²) in [6.45, 7) is 4.54. The molecule has 14 heavy (non-hydrogen) atoms. The number of carbonyl (C=O) groups is 1. The van der Waals surface area contributed by atoms with E-state index >= 15 is 0 Å². The predicted octanol–water partition coefficient (Wildman–Crippen LogP) is 2.03. The van der Waals surface area contributed by atoms with Crippen LogP contribution >= 0.6 is 0 Å². The molecule has 0 aromatic rings. The number of hydrogen-bond donors (Lipinski definition) is 2. The highest BCUT2D eigenvalue weighted by atomic mass is 16.2. The third-order valence-corrected chi connectivity index (χ3v) is 3.22. The summed E-state index contributed by atoms with van der Waals surface area (Å²) in [4.78, 5) is 11.4. The van der Waals surface area contributed by atoms with Gasteiger partial charge in [-0.2, -0.15) is 0 Å². The van der Waals surface area contributed by atoms with Crippen molar-refractivity contribution >= 4 is 6.03 Å². The Bertz CT molecular complexity index is 233. The van der Waals surface area contributed by atoms with Gasteiger partial charge in [-0.15, -0.1) is 0 Å². The second kappa shape index (κ2) is 3.44. The summed E-state index contributed by atoms with van der Waals surface area (Å²) < 4.78 is 0. The number of hydrogen-bond acceptors (Lipinski definition) is 1. The zero-order valence-corrected chi connectivity index (χ0v) is 9.10. The minimum atomic E-state index is 0.0372. The topological polar surface area (TPSA) is 41.1 Å². The SMILES string of the molecule is CC1(C)CCC(NC(=O)NC2CC2)C1. The van der Waals surface area contributed by atoms with Crippen LogP contribution in [0.25, 0.3) is 0 Å². The molecule has 3 heteroatoms. The van der Waals surface area contributed by atoms with Gasteiger partial charge in [0.1, 0.15) is 0 Å². The van der Waals surface area contributed by atoms with Gasteiger partial charge in [0.05, 0.1) is 0 Å². The molecule has 0 aliphatic heterocycles. The Morgan fingerprint density at radius 3 is 2.29 bits per heavy atom. The lowest BCUT2D eigenvalue weighted by Gasteiger charge is -2.18. The van der Waals surface area contributed by atoms with E-state index in [9.17, 15) is 4.79 Å². The lowest BCUT2D eigenvalue weighted by molar-refractivity contribution is 0.235. The van der Waals surface area contributed by atoms with Crippen LogP contribution in [0.2, 0.25) is 0 Å². The zero-order valence-electron chi connectivity index (χ0n) is 9.10. The minimum Gasteiger partial charge on any atom is -0.335 e. The van der Waals surface area contributed by atoms with Crippen LogP contribution in [0, 0.1) is 5.41 Å². The molecule has 1 unspecified atom stereocenters. The summed E-state index contributed by atoms with van der Waals surface area (Å²) in [5, 5.41) is 6.01. The van der Waals surface area contributed by atoms with Gasteiger partial charge in [-0.25, -0.2) is 4.79 Å². The fraction of sp³-hybridized carbons (Fsp3) is 0.909. The lowest BCUT2D eigenvalue weighted by atomic mass is 9.92. The molecule has 2 aliphatic carbocycles. The standard InChI is InChI=1S/C11H20N2O/c1-11(2)6-5-9(7-11)13-10(14)12-8-3-4-8/h8-9H,3-7H2,1-2H3,(H2,12,13,14). The van der Waals surface area contributed by atoms with Crippen LogP contribution in [-0.4, -0.2) is 18.1 Å². The molecule has 2 saturated carbocycles. The fourth-order valence-electron chi connectivity index (χ4n) is 2.20. The number of urea groups is 1. The monoisotopic (exact) mass is 196 g/mol. The van der Waals surface area contributed by atoms with E-state index in [0.717, 1.165) is 25.7 Å². The zero-order chi connectivity index (χ0) is 10.2. The predicted molar refractivity (Wildman–Crippen MR) is 56.1 cm³/mol. The molecule has 0 aromatic carbocycles. The number of carbonyl (C=O) groups excluding carboxylic acids is 1. The summed E-state index contributed by atoms with van der Waals surface area (Å²) in [5.41, 5.74) is 0.414. The van der Waals surface area contributed by atoms with Crippen molar-refractivity contribution in [3.05, 3.63) is 0 Å². The van der Waals surface area contributed by atoms with E-state index < -0.39 is 0 Å². The van der Waals surface area contributed by atoms with Gasteiger partial charge in [-0.3, -0.25) is 0 Å². The van der Waals surface area contributed by atoms with Crippen LogP contribution in [0.3, 0.4) is 0 Å². The Morgan fingerprint density at radius 1 is 1.14 bits per heavy atom. The van der Waals surface area contributed by atoms with E-state index in [-0.39, 0.29) is 6.03 Å². The van der Waals surface area contributed by atoms with Crippen molar-refractivity contribution in [2.75, 3.05) is 0 Å². The van der Waals surface area contributed by atoms with E-state index in [4.69, 9.17) is 0 Å². The molecule has 3 nitrogen and oxygen atoms in total. The highest BCUT2D eigenvalue weighted by Gasteiger charge is 2.32. The summed E-state index contributed by atoms with van der Waals surface area (Å²) in [6, 6.07) is 0.892. The smallest absolute Gasteiger partial charge is 0.315 e. The molecule has 2 amide bonds. The van der Waals surface area contributed by atoms with Gasteiger partial charge in [0, 0.05) is 12.1 Å². The molecule has 2 rings (SSSR count). The van der Waals surface area contributed by atoms with Crippen LogP contribution < -0.4 is 10.6 Å². The Balaban J connectivity index is 1.72. The minimum absolute atomic E-state index is 0.0372. The van der Waals surface area contributed by atoms with Crippen molar-refractivity contribution in [3.8, 4) is 0 Å². The first-order valence-corrected chi connectivity index (χ1v) is 5.62. The third-order valence-electron chi connectivity index (χ3n) is 3.22. The van der Waals surface area contributed by atoms with E-state index in [1.807, 2.05) is 0 Å². The van der Waals surface area contributed by atoms with Crippen molar-refractivity contribution in [2.24, 2.45) is 5.41 Å². The number of nitrogens with one attached hydrogen (secondary N) is 2. The highest BCUT2D eigenvalue weighted by molar-refractivity contribution is 5.74.